The van der Waals surface area contributed by atoms with Crippen molar-refractivity contribution in [1.82, 2.24) is 19.9 Å². The molecule has 2 N–H and O–H groups in total. The zero-order valence-electron chi connectivity index (χ0n) is 12.6. The Kier molecular flexibility index (Phi) is 6.41. The molecule has 0 radical (unpaired) electrons. The summed E-state index contributed by atoms with van der Waals surface area (Å²) in [7, 11) is 0. The highest BCUT2D eigenvalue weighted by molar-refractivity contribution is 6.28. The van der Waals surface area contributed by atoms with Crippen LogP contribution in [0.1, 0.15) is 20.3 Å². The second-order valence-corrected chi connectivity index (χ2v) is 5.47. The molecule has 1 aromatic rings. The summed E-state index contributed by atoms with van der Waals surface area (Å²) in [4.78, 5) is 14.9. The van der Waals surface area contributed by atoms with Gasteiger partial charge in [-0.2, -0.15) is 15.0 Å². The topological polar surface area (TPSA) is 75.2 Å². The highest BCUT2D eigenvalue weighted by Gasteiger charge is 2.15. The maximum absolute atomic E-state index is 5.94. The van der Waals surface area contributed by atoms with E-state index in [2.05, 4.69) is 44.3 Å². The SMILES string of the molecule is CCCNc1nc(Cl)nc(NC(C)CN2CCOCC2)n1. The molecule has 0 bridgehead atoms. The molecule has 8 heteroatoms. The summed E-state index contributed by atoms with van der Waals surface area (Å²) in [5.41, 5.74) is 0. The molecule has 118 valence electrons. The molecule has 0 spiro atoms. The summed E-state index contributed by atoms with van der Waals surface area (Å²) in [6.07, 6.45) is 1.000. The molecule has 0 aliphatic carbocycles. The molecule has 1 atom stereocenters. The van der Waals surface area contributed by atoms with Crippen LogP contribution in [-0.2, 0) is 4.74 Å². The molecule has 1 fully saturated rings. The van der Waals surface area contributed by atoms with Crippen molar-refractivity contribution in [3.05, 3.63) is 5.28 Å². The number of aromatic nitrogens is 3. The molecule has 2 rings (SSSR count). The lowest BCUT2D eigenvalue weighted by atomic mass is 10.3. The first-order valence-corrected chi connectivity index (χ1v) is 7.77. The van der Waals surface area contributed by atoms with E-state index in [1.165, 1.54) is 0 Å². The van der Waals surface area contributed by atoms with Crippen LogP contribution >= 0.6 is 11.6 Å². The van der Waals surface area contributed by atoms with Crippen molar-refractivity contribution in [2.24, 2.45) is 0 Å². The molecule has 0 saturated carbocycles. The number of hydrogen-bond acceptors (Lipinski definition) is 7. The number of halogens is 1. The third-order valence-corrected chi connectivity index (χ3v) is 3.32. The molecular weight excluding hydrogens is 292 g/mol. The molecule has 0 amide bonds. The number of nitrogens with one attached hydrogen (secondary N) is 2. The Morgan fingerprint density at radius 2 is 1.95 bits per heavy atom. The standard InChI is InChI=1S/C13H23ClN6O/c1-3-4-15-12-17-11(14)18-13(19-12)16-10(2)9-20-5-7-21-8-6-20/h10H,3-9H2,1-2H3,(H2,15,16,17,18,19). The molecule has 0 aromatic carbocycles. The average molecular weight is 315 g/mol. The predicted molar refractivity (Wildman–Crippen MR) is 84.0 cm³/mol. The van der Waals surface area contributed by atoms with E-state index in [9.17, 15) is 0 Å². The van der Waals surface area contributed by atoms with E-state index in [0.29, 0.717) is 11.9 Å². The van der Waals surface area contributed by atoms with E-state index < -0.39 is 0 Å². The maximum atomic E-state index is 5.94. The summed E-state index contributed by atoms with van der Waals surface area (Å²) in [5.74, 6) is 1.02. The molecule has 1 aliphatic rings. The van der Waals surface area contributed by atoms with E-state index in [0.717, 1.165) is 45.8 Å². The summed E-state index contributed by atoms with van der Waals surface area (Å²) < 4.78 is 5.35. The predicted octanol–water partition coefficient (Wildman–Crippen LogP) is 1.48. The van der Waals surface area contributed by atoms with Gasteiger partial charge < -0.3 is 15.4 Å². The number of rotatable bonds is 7. The highest BCUT2D eigenvalue weighted by atomic mass is 35.5. The van der Waals surface area contributed by atoms with Gasteiger partial charge in [0.15, 0.2) is 0 Å². The van der Waals surface area contributed by atoms with Gasteiger partial charge in [0.1, 0.15) is 0 Å². The van der Waals surface area contributed by atoms with Crippen molar-refractivity contribution in [3.8, 4) is 0 Å². The van der Waals surface area contributed by atoms with Crippen molar-refractivity contribution >= 4 is 23.5 Å². The Balaban J connectivity index is 1.89. The van der Waals surface area contributed by atoms with Crippen LogP contribution in [-0.4, -0.2) is 65.3 Å². The fourth-order valence-electron chi connectivity index (χ4n) is 2.17. The second kappa shape index (κ2) is 8.31. The number of morpholine rings is 1. The minimum absolute atomic E-state index is 0.199. The minimum Gasteiger partial charge on any atom is -0.379 e. The summed E-state index contributed by atoms with van der Waals surface area (Å²) in [6.45, 7) is 9.45. The van der Waals surface area contributed by atoms with Crippen LogP contribution in [0.15, 0.2) is 0 Å². The van der Waals surface area contributed by atoms with Crippen LogP contribution < -0.4 is 10.6 Å². The molecule has 1 aromatic heterocycles. The van der Waals surface area contributed by atoms with Gasteiger partial charge in [-0.25, -0.2) is 0 Å². The molecule has 21 heavy (non-hydrogen) atoms. The zero-order chi connectivity index (χ0) is 15.1. The van der Waals surface area contributed by atoms with E-state index >= 15 is 0 Å². The Hall–Kier alpha value is -1.18. The van der Waals surface area contributed by atoms with Gasteiger partial charge in [-0.1, -0.05) is 6.92 Å². The van der Waals surface area contributed by atoms with Crippen molar-refractivity contribution in [1.29, 1.82) is 0 Å². The Labute approximate surface area is 130 Å². The highest BCUT2D eigenvalue weighted by Crippen LogP contribution is 2.11. The largest absolute Gasteiger partial charge is 0.379 e. The van der Waals surface area contributed by atoms with Crippen LogP contribution in [0.2, 0.25) is 5.28 Å². The number of anilines is 2. The lowest BCUT2D eigenvalue weighted by Gasteiger charge is -2.29. The normalized spacial score (nSPS) is 17.5. The van der Waals surface area contributed by atoms with Crippen molar-refractivity contribution in [3.63, 3.8) is 0 Å². The molecule has 1 saturated heterocycles. The molecule has 1 unspecified atom stereocenters. The number of hydrogen-bond donors (Lipinski definition) is 2. The lowest BCUT2D eigenvalue weighted by molar-refractivity contribution is 0.0368. The Morgan fingerprint density at radius 3 is 2.67 bits per heavy atom. The first-order chi connectivity index (χ1) is 10.2. The molecular formula is C13H23ClN6O. The molecule has 7 nitrogen and oxygen atoms in total. The van der Waals surface area contributed by atoms with Crippen LogP contribution in [0.5, 0.6) is 0 Å². The third kappa shape index (κ3) is 5.61. The third-order valence-electron chi connectivity index (χ3n) is 3.15. The van der Waals surface area contributed by atoms with Gasteiger partial charge >= 0.3 is 0 Å². The van der Waals surface area contributed by atoms with E-state index in [1.807, 2.05) is 0 Å². The first kappa shape index (κ1) is 16.2. The van der Waals surface area contributed by atoms with Gasteiger partial charge in [0, 0.05) is 32.2 Å². The van der Waals surface area contributed by atoms with Gasteiger partial charge in [-0.3, -0.25) is 4.90 Å². The first-order valence-electron chi connectivity index (χ1n) is 7.39. The van der Waals surface area contributed by atoms with Crippen LogP contribution in [0, 0.1) is 0 Å². The van der Waals surface area contributed by atoms with Crippen LogP contribution in [0.25, 0.3) is 0 Å². The van der Waals surface area contributed by atoms with Crippen LogP contribution in [0.3, 0.4) is 0 Å². The summed E-state index contributed by atoms with van der Waals surface area (Å²) in [5, 5.41) is 6.59. The smallest absolute Gasteiger partial charge is 0.229 e. The maximum Gasteiger partial charge on any atom is 0.229 e. The van der Waals surface area contributed by atoms with Gasteiger partial charge in [-0.05, 0) is 24.9 Å². The average Bonchev–Trinajstić information content (AvgIpc) is 2.45. The summed E-state index contributed by atoms with van der Waals surface area (Å²) in [6, 6.07) is 0.223. The second-order valence-electron chi connectivity index (χ2n) is 5.14. The van der Waals surface area contributed by atoms with E-state index in [1.54, 1.807) is 0 Å². The molecule has 2 heterocycles. The van der Waals surface area contributed by atoms with E-state index in [4.69, 9.17) is 16.3 Å². The zero-order valence-corrected chi connectivity index (χ0v) is 13.4. The van der Waals surface area contributed by atoms with Gasteiger partial charge in [-0.15, -0.1) is 0 Å². The van der Waals surface area contributed by atoms with Crippen molar-refractivity contribution in [2.45, 2.75) is 26.3 Å². The van der Waals surface area contributed by atoms with Crippen molar-refractivity contribution in [2.75, 3.05) is 50.0 Å². The van der Waals surface area contributed by atoms with E-state index in [-0.39, 0.29) is 11.3 Å². The quantitative estimate of drug-likeness (QED) is 0.789. The lowest BCUT2D eigenvalue weighted by Crippen LogP contribution is -2.42. The summed E-state index contributed by atoms with van der Waals surface area (Å²) >= 11 is 5.94. The Bertz CT molecular complexity index is 441. The molecule has 1 aliphatic heterocycles. The fraction of sp³-hybridized carbons (Fsp3) is 0.769. The number of nitrogens with zero attached hydrogens (tertiary/aromatic N) is 4. The van der Waals surface area contributed by atoms with Gasteiger partial charge in [0.05, 0.1) is 13.2 Å². The minimum atomic E-state index is 0.199. The van der Waals surface area contributed by atoms with Crippen molar-refractivity contribution < 1.29 is 4.74 Å². The fourth-order valence-corrected chi connectivity index (χ4v) is 2.33. The van der Waals surface area contributed by atoms with Crippen LogP contribution in [0.4, 0.5) is 11.9 Å². The van der Waals surface area contributed by atoms with Gasteiger partial charge in [0.25, 0.3) is 0 Å². The monoisotopic (exact) mass is 314 g/mol. The number of ether oxygens (including phenoxy) is 1. The van der Waals surface area contributed by atoms with Gasteiger partial charge in [0.2, 0.25) is 17.2 Å². The Morgan fingerprint density at radius 1 is 1.24 bits per heavy atom.